The van der Waals surface area contributed by atoms with E-state index in [1.54, 1.807) is 55.5 Å². The maximum absolute atomic E-state index is 13.4. The van der Waals surface area contributed by atoms with Crippen LogP contribution in [0.15, 0.2) is 66.7 Å². The second-order valence-electron chi connectivity index (χ2n) is 10.6. The number of esters is 1. The quantitative estimate of drug-likeness (QED) is 0.263. The summed E-state index contributed by atoms with van der Waals surface area (Å²) < 4.78 is 15.9. The van der Waals surface area contributed by atoms with Gasteiger partial charge in [0.05, 0.1) is 12.2 Å². The summed E-state index contributed by atoms with van der Waals surface area (Å²) >= 11 is 0. The van der Waals surface area contributed by atoms with Crippen LogP contribution in [0.3, 0.4) is 0 Å². The van der Waals surface area contributed by atoms with Crippen LogP contribution in [0.2, 0.25) is 0 Å². The van der Waals surface area contributed by atoms with Gasteiger partial charge in [-0.2, -0.15) is 0 Å². The first kappa shape index (κ1) is 29.7. The lowest BCUT2D eigenvalue weighted by Gasteiger charge is -2.33. The predicted octanol–water partition coefficient (Wildman–Crippen LogP) is 3.81. The molecule has 2 aliphatic heterocycles. The molecule has 5 rings (SSSR count). The van der Waals surface area contributed by atoms with Gasteiger partial charge < -0.3 is 35.3 Å². The Bertz CT molecular complexity index is 1420. The van der Waals surface area contributed by atoms with E-state index in [-0.39, 0.29) is 37.5 Å². The fraction of sp³-hybridized carbons (Fsp3) is 0.344. The van der Waals surface area contributed by atoms with Gasteiger partial charge in [-0.15, -0.1) is 0 Å². The number of nitrogens with zero attached hydrogens (tertiary/aromatic N) is 1. The molecule has 0 unspecified atom stereocenters. The molecule has 3 aromatic rings. The largest absolute Gasteiger partial charge is 0.508 e. The van der Waals surface area contributed by atoms with Crippen LogP contribution in [0.25, 0.3) is 0 Å². The van der Waals surface area contributed by atoms with Crippen LogP contribution in [-0.4, -0.2) is 66.5 Å². The first-order chi connectivity index (χ1) is 20.9. The minimum absolute atomic E-state index is 0.0249. The number of rotatable bonds is 10. The molecule has 0 saturated carbocycles. The van der Waals surface area contributed by atoms with Crippen LogP contribution in [0.5, 0.6) is 17.2 Å². The number of phenols is 1. The Morgan fingerprint density at radius 1 is 0.953 bits per heavy atom. The summed E-state index contributed by atoms with van der Waals surface area (Å²) in [5, 5.41) is 18.3. The first-order valence-electron chi connectivity index (χ1n) is 14.4. The van der Waals surface area contributed by atoms with E-state index in [0.717, 1.165) is 55.1 Å². The van der Waals surface area contributed by atoms with Crippen molar-refractivity contribution in [3.8, 4) is 17.2 Å². The van der Waals surface area contributed by atoms with Gasteiger partial charge in [-0.3, -0.25) is 9.69 Å². The normalized spacial score (nSPS) is 15.4. The average Bonchev–Trinajstić information content (AvgIpc) is 3.47. The van der Waals surface area contributed by atoms with Gasteiger partial charge in [0.2, 0.25) is 12.7 Å². The Morgan fingerprint density at radius 3 is 2.37 bits per heavy atom. The number of ether oxygens (including phenoxy) is 3. The Balaban J connectivity index is 1.16. The zero-order valence-electron chi connectivity index (χ0n) is 24.0. The Morgan fingerprint density at radius 2 is 1.65 bits per heavy atom. The van der Waals surface area contributed by atoms with Gasteiger partial charge >= 0.3 is 12.0 Å². The maximum atomic E-state index is 13.4. The number of urea groups is 1. The molecule has 0 aromatic heterocycles. The molecule has 0 bridgehead atoms. The summed E-state index contributed by atoms with van der Waals surface area (Å²) in [5.74, 6) is 0.929. The number of nitrogens with one attached hydrogen (secondary N) is 3. The van der Waals surface area contributed by atoms with Crippen molar-refractivity contribution in [3.05, 3.63) is 83.4 Å². The zero-order chi connectivity index (χ0) is 30.2. The minimum atomic E-state index is -0.852. The lowest BCUT2D eigenvalue weighted by atomic mass is 10.0. The molecule has 2 heterocycles. The molecular weight excluding hydrogens is 552 g/mol. The number of amides is 3. The SMILES string of the molecule is CCOC(=O)c1ccc(NC(=O)N[C@@H](Cc2ccc(O)cc2)C(=O)NC2CCN(Cc3ccc4c(c3)OCO4)CC2)cc1. The first-order valence-corrected chi connectivity index (χ1v) is 14.4. The standard InChI is InChI=1S/C32H36N4O7/c1-2-41-31(39)23-6-8-24(9-7-23)34-32(40)35-27(17-21-3-10-26(37)11-4-21)30(38)33-25-13-15-36(16-14-25)19-22-5-12-28-29(18-22)43-20-42-28/h3-12,18,25,27,37H,2,13-17,19-20H2,1H3,(H,33,38)(H2,34,35,40)/t27-/m0/s1. The molecule has 11 nitrogen and oxygen atoms in total. The van der Waals surface area contributed by atoms with E-state index < -0.39 is 18.0 Å². The Kier molecular flexibility index (Phi) is 9.63. The maximum Gasteiger partial charge on any atom is 0.338 e. The van der Waals surface area contributed by atoms with Crippen LogP contribution in [0.1, 0.15) is 41.3 Å². The van der Waals surface area contributed by atoms with Gasteiger partial charge in [0.15, 0.2) is 11.5 Å². The predicted molar refractivity (Wildman–Crippen MR) is 159 cm³/mol. The smallest absolute Gasteiger partial charge is 0.338 e. The van der Waals surface area contributed by atoms with E-state index in [4.69, 9.17) is 14.2 Å². The summed E-state index contributed by atoms with van der Waals surface area (Å²) in [5.41, 5.74) is 2.77. The van der Waals surface area contributed by atoms with Crippen molar-refractivity contribution in [1.29, 1.82) is 0 Å². The number of piperidine rings is 1. The van der Waals surface area contributed by atoms with Crippen molar-refractivity contribution in [3.63, 3.8) is 0 Å². The fourth-order valence-corrected chi connectivity index (χ4v) is 5.14. The summed E-state index contributed by atoms with van der Waals surface area (Å²) in [6, 6.07) is 17.4. The Hall–Kier alpha value is -4.77. The summed E-state index contributed by atoms with van der Waals surface area (Å²) in [6.07, 6.45) is 1.80. The Labute approximate surface area is 250 Å². The van der Waals surface area contributed by atoms with Gasteiger partial charge in [0.1, 0.15) is 11.8 Å². The van der Waals surface area contributed by atoms with E-state index in [0.29, 0.717) is 11.3 Å². The number of anilines is 1. The van der Waals surface area contributed by atoms with Gasteiger partial charge in [-0.1, -0.05) is 18.2 Å². The van der Waals surface area contributed by atoms with E-state index in [1.807, 2.05) is 18.2 Å². The number of aromatic hydroxyl groups is 1. The second kappa shape index (κ2) is 13.9. The van der Waals surface area contributed by atoms with Gasteiger partial charge in [-0.05, 0) is 79.4 Å². The van der Waals surface area contributed by atoms with Crippen LogP contribution in [0, 0.1) is 0 Å². The van der Waals surface area contributed by atoms with Crippen LogP contribution < -0.4 is 25.4 Å². The highest BCUT2D eigenvalue weighted by Gasteiger charge is 2.27. The number of benzene rings is 3. The highest BCUT2D eigenvalue weighted by molar-refractivity contribution is 5.95. The number of hydrogen-bond acceptors (Lipinski definition) is 8. The van der Waals surface area contributed by atoms with E-state index in [9.17, 15) is 19.5 Å². The molecule has 1 saturated heterocycles. The highest BCUT2D eigenvalue weighted by Crippen LogP contribution is 2.33. The number of hydrogen-bond donors (Lipinski definition) is 4. The van der Waals surface area contributed by atoms with Crippen molar-refractivity contribution < 1.29 is 33.7 Å². The molecule has 226 valence electrons. The molecule has 1 fully saturated rings. The van der Waals surface area contributed by atoms with Crippen molar-refractivity contribution in [1.82, 2.24) is 15.5 Å². The summed E-state index contributed by atoms with van der Waals surface area (Å²) in [7, 11) is 0. The molecule has 1 atom stereocenters. The van der Waals surface area contributed by atoms with Crippen molar-refractivity contribution in [2.45, 2.75) is 44.8 Å². The monoisotopic (exact) mass is 588 g/mol. The molecule has 0 aliphatic carbocycles. The topological polar surface area (TPSA) is 138 Å². The molecular formula is C32H36N4O7. The number of fused-ring (bicyclic) bond motifs is 1. The number of likely N-dealkylation sites (tertiary alicyclic amines) is 1. The van der Waals surface area contributed by atoms with Gasteiger partial charge in [-0.25, -0.2) is 9.59 Å². The molecule has 11 heteroatoms. The second-order valence-corrected chi connectivity index (χ2v) is 10.6. The van der Waals surface area contributed by atoms with E-state index >= 15 is 0 Å². The molecule has 2 aliphatic rings. The summed E-state index contributed by atoms with van der Waals surface area (Å²) in [4.78, 5) is 40.6. The third-order valence-corrected chi connectivity index (χ3v) is 7.43. The van der Waals surface area contributed by atoms with E-state index in [2.05, 4.69) is 20.9 Å². The molecule has 3 aromatic carbocycles. The highest BCUT2D eigenvalue weighted by atomic mass is 16.7. The number of carbonyl (C=O) groups excluding carboxylic acids is 3. The van der Waals surface area contributed by atoms with Crippen molar-refractivity contribution in [2.24, 2.45) is 0 Å². The lowest BCUT2D eigenvalue weighted by molar-refractivity contribution is -0.123. The molecule has 43 heavy (non-hydrogen) atoms. The molecule has 0 radical (unpaired) electrons. The zero-order valence-corrected chi connectivity index (χ0v) is 24.0. The van der Waals surface area contributed by atoms with Gasteiger partial charge in [0.25, 0.3) is 0 Å². The van der Waals surface area contributed by atoms with E-state index in [1.165, 1.54) is 0 Å². The van der Waals surface area contributed by atoms with Crippen LogP contribution >= 0.6 is 0 Å². The minimum Gasteiger partial charge on any atom is -0.508 e. The molecule has 3 amide bonds. The lowest BCUT2D eigenvalue weighted by Crippen LogP contribution is -2.53. The fourth-order valence-electron chi connectivity index (χ4n) is 5.14. The number of carbonyl (C=O) groups is 3. The van der Waals surface area contributed by atoms with Crippen LogP contribution in [0.4, 0.5) is 10.5 Å². The van der Waals surface area contributed by atoms with Crippen molar-refractivity contribution >= 4 is 23.6 Å². The average molecular weight is 589 g/mol. The molecule has 0 spiro atoms. The number of phenolic OH excluding ortho intramolecular Hbond substituents is 1. The van der Waals surface area contributed by atoms with Gasteiger partial charge in [0, 0.05) is 37.8 Å². The third kappa shape index (κ3) is 8.16. The van der Waals surface area contributed by atoms with Crippen molar-refractivity contribution in [2.75, 3.05) is 31.8 Å². The summed E-state index contributed by atoms with van der Waals surface area (Å²) in [6.45, 7) is 4.66. The third-order valence-electron chi connectivity index (χ3n) is 7.43. The van der Waals surface area contributed by atoms with Crippen LogP contribution in [-0.2, 0) is 22.5 Å². The molecule has 4 N–H and O–H groups in total.